The van der Waals surface area contributed by atoms with Gasteiger partial charge < -0.3 is 0 Å². The van der Waals surface area contributed by atoms with Crippen LogP contribution in [0.3, 0.4) is 0 Å². The maximum absolute atomic E-state index is 12.0. The molecule has 0 unspecified atom stereocenters. The number of aromatic nitrogens is 2. The lowest BCUT2D eigenvalue weighted by molar-refractivity contribution is 0.591. The van der Waals surface area contributed by atoms with Gasteiger partial charge in [-0.05, 0) is 29.8 Å². The van der Waals surface area contributed by atoms with Crippen LogP contribution in [0.25, 0.3) is 0 Å². The topological polar surface area (TPSA) is 59.9 Å². The molecule has 0 fully saturated rings. The van der Waals surface area contributed by atoms with Gasteiger partial charge in [-0.1, -0.05) is 11.6 Å². The molecule has 0 N–H and O–H groups in total. The van der Waals surface area contributed by atoms with Crippen molar-refractivity contribution in [2.75, 3.05) is 0 Å². The summed E-state index contributed by atoms with van der Waals surface area (Å²) in [6.07, 6.45) is 4.43. The summed E-state index contributed by atoms with van der Waals surface area (Å²) in [6.45, 7) is 0. The molecule has 2 heterocycles. The molecule has 2 aromatic heterocycles. The number of hydrogen-bond acceptors (Lipinski definition) is 4. The van der Waals surface area contributed by atoms with Crippen molar-refractivity contribution in [2.24, 2.45) is 0 Å². The van der Waals surface area contributed by atoms with Crippen LogP contribution in [0.1, 0.15) is 5.56 Å². The van der Waals surface area contributed by atoms with Crippen LogP contribution in [0.4, 0.5) is 0 Å². The first-order valence-corrected chi connectivity index (χ1v) is 6.84. The normalized spacial score (nSPS) is 11.4. The van der Waals surface area contributed by atoms with Gasteiger partial charge in [0.25, 0.3) is 0 Å². The van der Waals surface area contributed by atoms with Gasteiger partial charge in [0.15, 0.2) is 14.9 Å². The molecular weight excluding hydrogens is 260 g/mol. The molecule has 17 heavy (non-hydrogen) atoms. The highest BCUT2D eigenvalue weighted by Gasteiger charge is 2.16. The third-order valence-corrected chi connectivity index (χ3v) is 3.94. The average molecular weight is 269 g/mol. The van der Waals surface area contributed by atoms with E-state index >= 15 is 0 Å². The zero-order chi connectivity index (χ0) is 12.3. The Morgan fingerprint density at radius 2 is 1.82 bits per heavy atom. The lowest BCUT2D eigenvalue weighted by Crippen LogP contribution is -2.06. The minimum absolute atomic E-state index is 0.0266. The largest absolute Gasteiger partial charge is 0.265 e. The van der Waals surface area contributed by atoms with Crippen LogP contribution in [0, 0.1) is 0 Å². The monoisotopic (exact) mass is 268 g/mol. The number of halogens is 1. The van der Waals surface area contributed by atoms with Gasteiger partial charge in [-0.2, -0.15) is 0 Å². The van der Waals surface area contributed by atoms with Gasteiger partial charge in [0.05, 0.1) is 10.8 Å². The van der Waals surface area contributed by atoms with Crippen molar-refractivity contribution in [3.63, 3.8) is 0 Å². The second-order valence-corrected chi connectivity index (χ2v) is 5.80. The highest BCUT2D eigenvalue weighted by molar-refractivity contribution is 7.90. The molecule has 0 saturated heterocycles. The van der Waals surface area contributed by atoms with E-state index in [9.17, 15) is 8.42 Å². The second-order valence-electron chi connectivity index (χ2n) is 3.43. The van der Waals surface area contributed by atoms with E-state index in [1.807, 2.05) is 0 Å². The first-order valence-electron chi connectivity index (χ1n) is 4.81. The van der Waals surface area contributed by atoms with Gasteiger partial charge in [-0.15, -0.1) is 0 Å². The summed E-state index contributed by atoms with van der Waals surface area (Å²) in [7, 11) is -3.43. The summed E-state index contributed by atoms with van der Waals surface area (Å²) in [5.74, 6) is -0.0931. The highest BCUT2D eigenvalue weighted by Crippen LogP contribution is 2.15. The van der Waals surface area contributed by atoms with Crippen LogP contribution in [0.2, 0.25) is 5.02 Å². The lowest BCUT2D eigenvalue weighted by Gasteiger charge is -2.03. The van der Waals surface area contributed by atoms with E-state index in [1.165, 1.54) is 18.3 Å². The number of sulfone groups is 1. The van der Waals surface area contributed by atoms with E-state index in [1.54, 1.807) is 24.5 Å². The summed E-state index contributed by atoms with van der Waals surface area (Å²) in [5.41, 5.74) is 0.678. The Kier molecular flexibility index (Phi) is 3.40. The number of rotatable bonds is 3. The van der Waals surface area contributed by atoms with Crippen molar-refractivity contribution in [3.8, 4) is 0 Å². The predicted molar refractivity (Wildman–Crippen MR) is 64.4 cm³/mol. The third kappa shape index (κ3) is 3.01. The first kappa shape index (κ1) is 12.0. The predicted octanol–water partition coefficient (Wildman–Crippen LogP) is 2.10. The Bertz CT molecular complexity index is 597. The van der Waals surface area contributed by atoms with Crippen LogP contribution in [0.15, 0.2) is 47.9 Å². The van der Waals surface area contributed by atoms with Crippen LogP contribution >= 0.6 is 11.6 Å². The molecule has 0 saturated carbocycles. The van der Waals surface area contributed by atoms with E-state index in [4.69, 9.17) is 11.6 Å². The van der Waals surface area contributed by atoms with Crippen LogP contribution in [-0.2, 0) is 15.6 Å². The molecule has 0 aliphatic heterocycles. The first-order chi connectivity index (χ1) is 8.08. The van der Waals surface area contributed by atoms with Gasteiger partial charge in [0.1, 0.15) is 0 Å². The Hall–Kier alpha value is -1.46. The Balaban J connectivity index is 2.29. The molecule has 0 atom stereocenters. The molecule has 0 aliphatic carbocycles. The van der Waals surface area contributed by atoms with E-state index in [-0.39, 0.29) is 10.8 Å². The number of pyridine rings is 2. The molecule has 4 nitrogen and oxygen atoms in total. The summed E-state index contributed by atoms with van der Waals surface area (Å²) < 4.78 is 24.0. The van der Waals surface area contributed by atoms with Crippen molar-refractivity contribution in [1.82, 2.24) is 9.97 Å². The Morgan fingerprint density at radius 3 is 2.41 bits per heavy atom. The minimum Gasteiger partial charge on any atom is -0.265 e. The van der Waals surface area contributed by atoms with Gasteiger partial charge in [-0.25, -0.2) is 13.4 Å². The molecule has 2 rings (SSSR count). The summed E-state index contributed by atoms with van der Waals surface area (Å²) in [5, 5.41) is 0.437. The Morgan fingerprint density at radius 1 is 1.12 bits per heavy atom. The summed E-state index contributed by atoms with van der Waals surface area (Å²) >= 11 is 5.66. The van der Waals surface area contributed by atoms with Gasteiger partial charge in [-0.3, -0.25) is 4.98 Å². The third-order valence-electron chi connectivity index (χ3n) is 2.12. The molecule has 0 radical (unpaired) electrons. The molecule has 0 aliphatic rings. The zero-order valence-electron chi connectivity index (χ0n) is 8.75. The summed E-state index contributed by atoms with van der Waals surface area (Å²) in [6, 6.07) is 6.23. The fourth-order valence-corrected chi connectivity index (χ4v) is 2.70. The fourth-order valence-electron chi connectivity index (χ4n) is 1.32. The van der Waals surface area contributed by atoms with Crippen molar-refractivity contribution >= 4 is 21.4 Å². The quantitative estimate of drug-likeness (QED) is 0.855. The van der Waals surface area contributed by atoms with Gasteiger partial charge >= 0.3 is 0 Å². The molecule has 0 aromatic carbocycles. The fraction of sp³-hybridized carbons (Fsp3) is 0.0909. The van der Waals surface area contributed by atoms with E-state index in [0.29, 0.717) is 10.6 Å². The van der Waals surface area contributed by atoms with Gasteiger partial charge in [0, 0.05) is 18.6 Å². The second kappa shape index (κ2) is 4.81. The molecular formula is C11H9ClN2O2S. The van der Waals surface area contributed by atoms with Crippen molar-refractivity contribution < 1.29 is 8.42 Å². The van der Waals surface area contributed by atoms with Crippen LogP contribution in [-0.4, -0.2) is 18.4 Å². The van der Waals surface area contributed by atoms with Crippen molar-refractivity contribution in [3.05, 3.63) is 53.4 Å². The van der Waals surface area contributed by atoms with Crippen molar-refractivity contribution in [1.29, 1.82) is 0 Å². The zero-order valence-corrected chi connectivity index (χ0v) is 10.3. The van der Waals surface area contributed by atoms with E-state index in [0.717, 1.165) is 0 Å². The van der Waals surface area contributed by atoms with Gasteiger partial charge in [0.2, 0.25) is 0 Å². The Labute approximate surface area is 104 Å². The maximum atomic E-state index is 12.0. The molecule has 88 valence electrons. The number of hydrogen-bond donors (Lipinski definition) is 0. The van der Waals surface area contributed by atoms with Crippen LogP contribution in [0.5, 0.6) is 0 Å². The minimum atomic E-state index is -3.43. The molecule has 2 aromatic rings. The highest BCUT2D eigenvalue weighted by atomic mass is 35.5. The molecule has 0 amide bonds. The van der Waals surface area contributed by atoms with E-state index < -0.39 is 9.84 Å². The van der Waals surface area contributed by atoms with Crippen molar-refractivity contribution in [2.45, 2.75) is 10.8 Å². The number of nitrogens with zero attached hydrogens (tertiary/aromatic N) is 2. The maximum Gasteiger partial charge on any atom is 0.199 e. The molecule has 0 bridgehead atoms. The lowest BCUT2D eigenvalue weighted by atomic mass is 10.3. The standard InChI is InChI=1S/C11H9ClN2O2S/c12-10-1-2-11(14-7-10)17(15,16)8-9-3-5-13-6-4-9/h1-7H,8H2. The molecule has 6 heteroatoms. The van der Waals surface area contributed by atoms with E-state index in [2.05, 4.69) is 9.97 Å². The smallest absolute Gasteiger partial charge is 0.199 e. The summed E-state index contributed by atoms with van der Waals surface area (Å²) in [4.78, 5) is 7.64. The van der Waals surface area contributed by atoms with Crippen LogP contribution < -0.4 is 0 Å². The SMILES string of the molecule is O=S(=O)(Cc1ccncc1)c1ccc(Cl)cn1. The average Bonchev–Trinajstić information content (AvgIpc) is 2.30. The molecule has 0 spiro atoms.